The highest BCUT2D eigenvalue weighted by Gasteiger charge is 2.32. The average Bonchev–Trinajstić information content (AvgIpc) is 3.03. The van der Waals surface area contributed by atoms with Crippen molar-refractivity contribution in [3.05, 3.63) is 17.5 Å². The summed E-state index contributed by atoms with van der Waals surface area (Å²) in [5.41, 5.74) is 2.34. The number of aromatic amines is 1. The molecular formula is C14H23N3O2. The highest BCUT2D eigenvalue weighted by atomic mass is 16.5. The Kier molecular flexibility index (Phi) is 4.96. The number of aromatic nitrogens is 2. The van der Waals surface area contributed by atoms with Crippen LogP contribution in [0.4, 0.5) is 0 Å². The second kappa shape index (κ2) is 6.70. The third-order valence-corrected chi connectivity index (χ3v) is 3.81. The summed E-state index contributed by atoms with van der Waals surface area (Å²) in [5, 5.41) is 9.93. The van der Waals surface area contributed by atoms with Crippen molar-refractivity contribution in [3.8, 4) is 0 Å². The number of amides is 1. The lowest BCUT2D eigenvalue weighted by atomic mass is 9.98. The molecule has 5 heteroatoms. The molecule has 0 aromatic carbocycles. The molecule has 1 fully saturated rings. The lowest BCUT2D eigenvalue weighted by Crippen LogP contribution is -2.35. The van der Waals surface area contributed by atoms with Crippen LogP contribution in [0.3, 0.4) is 0 Å². The highest BCUT2D eigenvalue weighted by molar-refractivity contribution is 5.79. The third-order valence-electron chi connectivity index (χ3n) is 3.81. The molecule has 1 aromatic rings. The molecule has 5 nitrogen and oxygen atoms in total. The lowest BCUT2D eigenvalue weighted by molar-refractivity contribution is -0.126. The molecule has 2 N–H and O–H groups in total. The molecule has 19 heavy (non-hydrogen) atoms. The maximum Gasteiger partial charge on any atom is 0.225 e. The average molecular weight is 265 g/mol. The van der Waals surface area contributed by atoms with Gasteiger partial charge in [0.2, 0.25) is 5.91 Å². The normalized spacial score (nSPS) is 22.6. The van der Waals surface area contributed by atoms with Crippen LogP contribution in [-0.2, 0) is 16.0 Å². The summed E-state index contributed by atoms with van der Waals surface area (Å²) in [6, 6.07) is 0. The van der Waals surface area contributed by atoms with Crippen LogP contribution < -0.4 is 5.32 Å². The van der Waals surface area contributed by atoms with Gasteiger partial charge in [0.05, 0.1) is 18.2 Å². The number of hydrogen-bond donors (Lipinski definition) is 2. The van der Waals surface area contributed by atoms with Gasteiger partial charge in [-0.05, 0) is 38.2 Å². The van der Waals surface area contributed by atoms with Crippen molar-refractivity contribution in [2.75, 3.05) is 13.2 Å². The van der Waals surface area contributed by atoms with Crippen molar-refractivity contribution in [1.29, 1.82) is 0 Å². The van der Waals surface area contributed by atoms with Crippen LogP contribution in [0.15, 0.2) is 6.20 Å². The zero-order valence-electron chi connectivity index (χ0n) is 11.7. The molecule has 1 aromatic heterocycles. The zero-order valence-corrected chi connectivity index (χ0v) is 11.7. The van der Waals surface area contributed by atoms with Gasteiger partial charge in [0, 0.05) is 18.8 Å². The van der Waals surface area contributed by atoms with Gasteiger partial charge in [-0.25, -0.2) is 0 Å². The smallest absolute Gasteiger partial charge is 0.225 e. The molecule has 106 valence electrons. The molecule has 0 spiro atoms. The highest BCUT2D eigenvalue weighted by Crippen LogP contribution is 2.23. The Morgan fingerprint density at radius 1 is 1.63 bits per heavy atom. The Morgan fingerprint density at radius 2 is 2.47 bits per heavy atom. The number of hydrogen-bond acceptors (Lipinski definition) is 3. The van der Waals surface area contributed by atoms with E-state index in [0.29, 0.717) is 6.61 Å². The quantitative estimate of drug-likeness (QED) is 0.767. The van der Waals surface area contributed by atoms with Crippen LogP contribution in [-0.4, -0.2) is 35.4 Å². The van der Waals surface area contributed by atoms with Gasteiger partial charge >= 0.3 is 0 Å². The van der Waals surface area contributed by atoms with E-state index >= 15 is 0 Å². The summed E-state index contributed by atoms with van der Waals surface area (Å²) in [7, 11) is 0. The standard InChI is InChI=1S/C14H23N3O2/c1-3-13-12(6-8-19-13)14(18)15-7-4-5-11-9-16-17-10(11)2/h9,12-13H,3-8H2,1-2H3,(H,15,18)(H,16,17). The van der Waals surface area contributed by atoms with E-state index in [-0.39, 0.29) is 17.9 Å². The van der Waals surface area contributed by atoms with Crippen molar-refractivity contribution in [2.45, 2.75) is 45.6 Å². The van der Waals surface area contributed by atoms with Crippen LogP contribution in [0, 0.1) is 12.8 Å². The second-order valence-corrected chi connectivity index (χ2v) is 5.13. The predicted octanol–water partition coefficient (Wildman–Crippen LogP) is 1.58. The molecule has 0 bridgehead atoms. The van der Waals surface area contributed by atoms with Crippen molar-refractivity contribution < 1.29 is 9.53 Å². The van der Waals surface area contributed by atoms with E-state index < -0.39 is 0 Å². The summed E-state index contributed by atoms with van der Waals surface area (Å²) in [6.07, 6.45) is 5.61. The summed E-state index contributed by atoms with van der Waals surface area (Å²) < 4.78 is 5.54. The molecule has 1 aliphatic heterocycles. The van der Waals surface area contributed by atoms with Gasteiger partial charge < -0.3 is 10.1 Å². The summed E-state index contributed by atoms with van der Waals surface area (Å²) in [4.78, 5) is 12.0. The van der Waals surface area contributed by atoms with Crippen molar-refractivity contribution in [3.63, 3.8) is 0 Å². The van der Waals surface area contributed by atoms with Crippen LogP contribution in [0.5, 0.6) is 0 Å². The maximum atomic E-state index is 12.0. The summed E-state index contributed by atoms with van der Waals surface area (Å²) in [6.45, 7) is 5.52. The predicted molar refractivity (Wildman–Crippen MR) is 72.8 cm³/mol. The van der Waals surface area contributed by atoms with Gasteiger partial charge in [-0.2, -0.15) is 5.10 Å². The molecule has 1 aliphatic rings. The Bertz CT molecular complexity index is 417. The fraction of sp³-hybridized carbons (Fsp3) is 0.714. The van der Waals surface area contributed by atoms with E-state index in [9.17, 15) is 4.79 Å². The van der Waals surface area contributed by atoms with Crippen LogP contribution in [0.1, 0.15) is 37.4 Å². The number of ether oxygens (including phenoxy) is 1. The molecule has 1 amide bonds. The van der Waals surface area contributed by atoms with Gasteiger partial charge in [0.1, 0.15) is 0 Å². The monoisotopic (exact) mass is 265 g/mol. The minimum absolute atomic E-state index is 0.0423. The molecule has 2 unspecified atom stereocenters. The number of carbonyl (C=O) groups excluding carboxylic acids is 1. The number of carbonyl (C=O) groups is 1. The van der Waals surface area contributed by atoms with E-state index in [1.54, 1.807) is 0 Å². The fourth-order valence-corrected chi connectivity index (χ4v) is 2.60. The van der Waals surface area contributed by atoms with Crippen molar-refractivity contribution >= 4 is 5.91 Å². The SMILES string of the molecule is CCC1OCCC1C(=O)NCCCc1cn[nH]c1C. The molecule has 1 saturated heterocycles. The maximum absolute atomic E-state index is 12.0. The first-order chi connectivity index (χ1) is 9.22. The summed E-state index contributed by atoms with van der Waals surface area (Å²) >= 11 is 0. The molecule has 0 aliphatic carbocycles. The van der Waals surface area contributed by atoms with Crippen molar-refractivity contribution in [2.24, 2.45) is 5.92 Å². The second-order valence-electron chi connectivity index (χ2n) is 5.13. The van der Waals surface area contributed by atoms with Crippen molar-refractivity contribution in [1.82, 2.24) is 15.5 Å². The Labute approximate surface area is 114 Å². The van der Waals surface area contributed by atoms with E-state index in [0.717, 1.165) is 37.9 Å². The zero-order chi connectivity index (χ0) is 13.7. The first-order valence-corrected chi connectivity index (χ1v) is 7.10. The van der Waals surface area contributed by atoms with Gasteiger partial charge in [-0.1, -0.05) is 6.92 Å². The minimum atomic E-state index is 0.0423. The summed E-state index contributed by atoms with van der Waals surface area (Å²) in [5.74, 6) is 0.189. The van der Waals surface area contributed by atoms with Gasteiger partial charge in [-0.15, -0.1) is 0 Å². The van der Waals surface area contributed by atoms with Crippen LogP contribution in [0.25, 0.3) is 0 Å². The number of aryl methyl sites for hydroxylation is 2. The molecule has 0 saturated carbocycles. The first kappa shape index (κ1) is 14.1. The van der Waals surface area contributed by atoms with Gasteiger partial charge in [0.25, 0.3) is 0 Å². The van der Waals surface area contributed by atoms with E-state index in [1.807, 2.05) is 13.1 Å². The number of H-pyrrole nitrogens is 1. The molecule has 2 atom stereocenters. The minimum Gasteiger partial charge on any atom is -0.377 e. The topological polar surface area (TPSA) is 67.0 Å². The van der Waals surface area contributed by atoms with Gasteiger partial charge in [0.15, 0.2) is 0 Å². The van der Waals surface area contributed by atoms with Crippen LogP contribution >= 0.6 is 0 Å². The molecule has 2 heterocycles. The number of rotatable bonds is 6. The van der Waals surface area contributed by atoms with E-state index in [4.69, 9.17) is 4.74 Å². The van der Waals surface area contributed by atoms with E-state index in [1.165, 1.54) is 5.56 Å². The first-order valence-electron chi connectivity index (χ1n) is 7.10. The Hall–Kier alpha value is -1.36. The molecule has 2 rings (SSSR count). The largest absolute Gasteiger partial charge is 0.377 e. The lowest BCUT2D eigenvalue weighted by Gasteiger charge is -2.16. The van der Waals surface area contributed by atoms with Crippen LogP contribution in [0.2, 0.25) is 0 Å². The van der Waals surface area contributed by atoms with E-state index in [2.05, 4.69) is 22.4 Å². The fourth-order valence-electron chi connectivity index (χ4n) is 2.60. The number of nitrogens with zero attached hydrogens (tertiary/aromatic N) is 1. The Morgan fingerprint density at radius 3 is 3.16 bits per heavy atom. The Balaban J connectivity index is 1.68. The molecular weight excluding hydrogens is 242 g/mol. The molecule has 0 radical (unpaired) electrons. The number of nitrogens with one attached hydrogen (secondary N) is 2. The third kappa shape index (κ3) is 3.56. The van der Waals surface area contributed by atoms with Gasteiger partial charge in [-0.3, -0.25) is 9.89 Å².